The molecule has 0 aromatic heterocycles. The van der Waals surface area contributed by atoms with Gasteiger partial charge in [-0.1, -0.05) is 46.3 Å². The Balaban J connectivity index is 2.40. The van der Waals surface area contributed by atoms with E-state index in [1.54, 1.807) is 44.2 Å². The lowest BCUT2D eigenvalue weighted by atomic mass is 10.1. The van der Waals surface area contributed by atoms with E-state index in [0.717, 1.165) is 18.6 Å². The minimum atomic E-state index is -3.94. The topological polar surface area (TPSA) is 90.0 Å². The average Bonchev–Trinajstić information content (AvgIpc) is 2.77. The highest BCUT2D eigenvalue weighted by molar-refractivity contribution is 9.10. The van der Waals surface area contributed by atoms with E-state index in [1.165, 1.54) is 19.0 Å². The number of hydrogen-bond donors (Lipinski definition) is 1. The minimum absolute atomic E-state index is 0.162. The molecule has 174 valence electrons. The van der Waals surface area contributed by atoms with Gasteiger partial charge < -0.3 is 10.2 Å². The molecule has 0 heterocycles. The fraction of sp³-hybridized carbons (Fsp3) is 0.364. The van der Waals surface area contributed by atoms with Gasteiger partial charge >= 0.3 is 10.2 Å². The van der Waals surface area contributed by atoms with Crippen LogP contribution in [0, 0.1) is 0 Å². The van der Waals surface area contributed by atoms with Crippen LogP contribution in [0.25, 0.3) is 0 Å². The molecule has 0 saturated carbocycles. The Labute approximate surface area is 198 Å². The molecule has 1 unspecified atom stereocenters. The molecule has 2 rings (SSSR count). The van der Waals surface area contributed by atoms with Crippen molar-refractivity contribution in [2.75, 3.05) is 31.5 Å². The zero-order chi connectivity index (χ0) is 23.9. The number of carbonyl (C=O) groups excluding carboxylic acids is 2. The molecule has 1 N–H and O–H groups in total. The summed E-state index contributed by atoms with van der Waals surface area (Å²) in [4.78, 5) is 27.4. The van der Waals surface area contributed by atoms with Gasteiger partial charge in [0.1, 0.15) is 12.6 Å². The van der Waals surface area contributed by atoms with Crippen molar-refractivity contribution < 1.29 is 18.0 Å². The molecule has 32 heavy (non-hydrogen) atoms. The first-order chi connectivity index (χ1) is 15.1. The van der Waals surface area contributed by atoms with Gasteiger partial charge in [0.25, 0.3) is 0 Å². The molecule has 0 bridgehead atoms. The van der Waals surface area contributed by atoms with Crippen molar-refractivity contribution in [2.24, 2.45) is 0 Å². The summed E-state index contributed by atoms with van der Waals surface area (Å²) in [5, 5.41) is 2.73. The molecule has 0 aliphatic carbocycles. The summed E-state index contributed by atoms with van der Waals surface area (Å²) in [6.07, 6.45) is 0. The van der Waals surface area contributed by atoms with Crippen LogP contribution in [0.4, 0.5) is 5.69 Å². The Bertz CT molecular complexity index is 1010. The quantitative estimate of drug-likeness (QED) is 0.517. The van der Waals surface area contributed by atoms with Crippen LogP contribution in [0.3, 0.4) is 0 Å². The predicted molar refractivity (Wildman–Crippen MR) is 129 cm³/mol. The van der Waals surface area contributed by atoms with E-state index in [9.17, 15) is 18.0 Å². The van der Waals surface area contributed by atoms with Gasteiger partial charge in [0.05, 0.1) is 5.69 Å². The lowest BCUT2D eigenvalue weighted by Gasteiger charge is -2.32. The highest BCUT2D eigenvalue weighted by atomic mass is 79.9. The number of benzene rings is 2. The van der Waals surface area contributed by atoms with Crippen LogP contribution in [0.15, 0.2) is 59.1 Å². The maximum atomic E-state index is 13.4. The third-order valence-electron chi connectivity index (χ3n) is 4.85. The number of halogens is 1. The number of carbonyl (C=O) groups is 2. The second kappa shape index (κ2) is 11.4. The molecule has 1 atom stereocenters. The molecular formula is C22H29BrN4O4S. The van der Waals surface area contributed by atoms with Gasteiger partial charge in [-0.15, -0.1) is 0 Å². The Kier molecular flexibility index (Phi) is 9.23. The third-order valence-corrected chi connectivity index (χ3v) is 7.20. The van der Waals surface area contributed by atoms with Gasteiger partial charge in [0.15, 0.2) is 0 Å². The van der Waals surface area contributed by atoms with Crippen molar-refractivity contribution in [3.8, 4) is 0 Å². The molecule has 2 amide bonds. The van der Waals surface area contributed by atoms with Crippen LogP contribution in [-0.2, 0) is 26.3 Å². The van der Waals surface area contributed by atoms with Crippen molar-refractivity contribution in [2.45, 2.75) is 26.4 Å². The Morgan fingerprint density at radius 1 is 1.03 bits per heavy atom. The zero-order valence-electron chi connectivity index (χ0n) is 18.7. The van der Waals surface area contributed by atoms with Gasteiger partial charge in [0.2, 0.25) is 11.8 Å². The van der Waals surface area contributed by atoms with E-state index >= 15 is 0 Å². The average molecular weight is 525 g/mol. The summed E-state index contributed by atoms with van der Waals surface area (Å²) in [6.45, 7) is 3.58. The molecule has 0 aliphatic rings. The lowest BCUT2D eigenvalue weighted by Crippen LogP contribution is -2.52. The number of likely N-dealkylation sites (N-methyl/N-ethyl adjacent to an activating group) is 1. The maximum absolute atomic E-state index is 13.4. The molecule has 0 saturated heterocycles. The second-order valence-corrected chi connectivity index (χ2v) is 10.3. The molecule has 0 aliphatic heterocycles. The summed E-state index contributed by atoms with van der Waals surface area (Å²) in [7, 11) is -1.12. The highest BCUT2D eigenvalue weighted by Gasteiger charge is 2.32. The second-order valence-electron chi connectivity index (χ2n) is 7.35. The third kappa shape index (κ3) is 6.54. The van der Waals surface area contributed by atoms with Crippen LogP contribution in [-0.4, -0.2) is 62.7 Å². The van der Waals surface area contributed by atoms with Gasteiger partial charge in [-0.25, -0.2) is 4.31 Å². The van der Waals surface area contributed by atoms with Gasteiger partial charge in [0, 0.05) is 31.7 Å². The maximum Gasteiger partial charge on any atom is 0.304 e. The number of rotatable bonds is 10. The minimum Gasteiger partial charge on any atom is -0.355 e. The van der Waals surface area contributed by atoms with Crippen molar-refractivity contribution in [3.63, 3.8) is 0 Å². The number of nitrogens with zero attached hydrogens (tertiary/aromatic N) is 3. The first-order valence-corrected chi connectivity index (χ1v) is 12.3. The van der Waals surface area contributed by atoms with Crippen LogP contribution in [0.1, 0.15) is 19.4 Å². The SMILES string of the molecule is CCNC(=O)C(C)N(Cc1ccc(Br)cc1)C(=O)CN(c1ccccc1)S(=O)(=O)N(C)C. The van der Waals surface area contributed by atoms with Crippen molar-refractivity contribution in [3.05, 3.63) is 64.6 Å². The van der Waals surface area contributed by atoms with E-state index < -0.39 is 28.7 Å². The Morgan fingerprint density at radius 3 is 2.16 bits per heavy atom. The molecule has 0 fully saturated rings. The molecular weight excluding hydrogens is 496 g/mol. The normalized spacial score (nSPS) is 12.3. The van der Waals surface area contributed by atoms with E-state index in [0.29, 0.717) is 12.2 Å². The molecule has 2 aromatic rings. The number of hydrogen-bond acceptors (Lipinski definition) is 4. The first kappa shape index (κ1) is 25.8. The first-order valence-electron chi connectivity index (χ1n) is 10.1. The van der Waals surface area contributed by atoms with E-state index in [1.807, 2.05) is 24.3 Å². The van der Waals surface area contributed by atoms with Crippen molar-refractivity contribution >= 4 is 43.6 Å². The molecule has 2 aromatic carbocycles. The summed E-state index contributed by atoms with van der Waals surface area (Å²) < 4.78 is 29.0. The monoisotopic (exact) mass is 524 g/mol. The number of para-hydroxylation sites is 1. The largest absolute Gasteiger partial charge is 0.355 e. The van der Waals surface area contributed by atoms with Crippen LogP contribution in [0.2, 0.25) is 0 Å². The molecule has 0 radical (unpaired) electrons. The van der Waals surface area contributed by atoms with Gasteiger partial charge in [-0.3, -0.25) is 9.59 Å². The van der Waals surface area contributed by atoms with Gasteiger partial charge in [-0.2, -0.15) is 12.7 Å². The van der Waals surface area contributed by atoms with Crippen molar-refractivity contribution in [1.29, 1.82) is 0 Å². The highest BCUT2D eigenvalue weighted by Crippen LogP contribution is 2.21. The standard InChI is InChI=1S/C22H29BrN4O4S/c1-5-24-22(29)17(2)26(15-18-11-13-19(23)14-12-18)21(28)16-27(32(30,31)25(3)4)20-9-7-6-8-10-20/h6-14,17H,5,15-16H2,1-4H3,(H,24,29). The van der Waals surface area contributed by atoms with Crippen LogP contribution >= 0.6 is 15.9 Å². The van der Waals surface area contributed by atoms with Gasteiger partial charge in [-0.05, 0) is 43.7 Å². The Morgan fingerprint density at radius 2 is 1.62 bits per heavy atom. The molecule has 0 spiro atoms. The number of anilines is 1. The fourth-order valence-electron chi connectivity index (χ4n) is 3.00. The summed E-state index contributed by atoms with van der Waals surface area (Å²) in [5.74, 6) is -0.791. The predicted octanol–water partition coefficient (Wildman–Crippen LogP) is 2.62. The smallest absolute Gasteiger partial charge is 0.304 e. The van der Waals surface area contributed by atoms with Crippen LogP contribution in [0.5, 0.6) is 0 Å². The zero-order valence-corrected chi connectivity index (χ0v) is 21.1. The lowest BCUT2D eigenvalue weighted by molar-refractivity contribution is -0.139. The summed E-state index contributed by atoms with van der Waals surface area (Å²) >= 11 is 3.38. The Hall–Kier alpha value is -2.43. The number of nitrogens with one attached hydrogen (secondary N) is 1. The van der Waals surface area contributed by atoms with E-state index in [-0.39, 0.29) is 12.5 Å². The number of amides is 2. The van der Waals surface area contributed by atoms with Crippen LogP contribution < -0.4 is 9.62 Å². The van der Waals surface area contributed by atoms with Crippen molar-refractivity contribution in [1.82, 2.24) is 14.5 Å². The summed E-state index contributed by atoms with van der Waals surface area (Å²) in [6, 6.07) is 15.0. The van der Waals surface area contributed by atoms with E-state index in [2.05, 4.69) is 21.2 Å². The van der Waals surface area contributed by atoms with E-state index in [4.69, 9.17) is 0 Å². The molecule has 10 heteroatoms. The molecule has 8 nitrogen and oxygen atoms in total. The summed E-state index contributed by atoms with van der Waals surface area (Å²) in [5.41, 5.74) is 1.18. The fourth-order valence-corrected chi connectivity index (χ4v) is 4.32.